The SMILES string of the molecule is Cc1cccc(C(=O)Nc2ccccc2N2CCC(O)CC2)c1C. The van der Waals surface area contributed by atoms with Crippen molar-refractivity contribution in [2.75, 3.05) is 23.3 Å². The number of anilines is 2. The number of aliphatic hydroxyl groups is 1. The van der Waals surface area contributed by atoms with E-state index in [0.29, 0.717) is 5.56 Å². The smallest absolute Gasteiger partial charge is 0.255 e. The third kappa shape index (κ3) is 3.44. The number of piperidine rings is 1. The van der Waals surface area contributed by atoms with Crippen molar-refractivity contribution in [1.29, 1.82) is 0 Å². The lowest BCUT2D eigenvalue weighted by Crippen LogP contribution is -2.36. The van der Waals surface area contributed by atoms with E-state index in [1.807, 2.05) is 56.3 Å². The van der Waals surface area contributed by atoms with Gasteiger partial charge in [-0.1, -0.05) is 24.3 Å². The van der Waals surface area contributed by atoms with Gasteiger partial charge in [-0.05, 0) is 56.0 Å². The van der Waals surface area contributed by atoms with Gasteiger partial charge >= 0.3 is 0 Å². The quantitative estimate of drug-likeness (QED) is 0.908. The van der Waals surface area contributed by atoms with Gasteiger partial charge in [0.05, 0.1) is 17.5 Å². The summed E-state index contributed by atoms with van der Waals surface area (Å²) >= 11 is 0. The van der Waals surface area contributed by atoms with Gasteiger partial charge in [-0.2, -0.15) is 0 Å². The lowest BCUT2D eigenvalue weighted by Gasteiger charge is -2.32. The van der Waals surface area contributed by atoms with Crippen LogP contribution in [0.5, 0.6) is 0 Å². The standard InChI is InChI=1S/C20H24N2O2/c1-14-6-5-7-17(15(14)2)20(24)21-18-8-3-4-9-19(18)22-12-10-16(23)11-13-22/h3-9,16,23H,10-13H2,1-2H3,(H,21,24). The largest absolute Gasteiger partial charge is 0.393 e. The molecule has 1 heterocycles. The molecule has 0 aliphatic carbocycles. The molecule has 1 amide bonds. The lowest BCUT2D eigenvalue weighted by molar-refractivity contribution is 0.102. The van der Waals surface area contributed by atoms with Crippen molar-refractivity contribution >= 4 is 17.3 Å². The van der Waals surface area contributed by atoms with E-state index < -0.39 is 0 Å². The van der Waals surface area contributed by atoms with Crippen molar-refractivity contribution in [1.82, 2.24) is 0 Å². The van der Waals surface area contributed by atoms with Crippen LogP contribution < -0.4 is 10.2 Å². The van der Waals surface area contributed by atoms with Crippen LogP contribution in [0.3, 0.4) is 0 Å². The molecule has 3 rings (SSSR count). The maximum atomic E-state index is 12.7. The number of carbonyl (C=O) groups is 1. The normalized spacial score (nSPS) is 15.4. The molecular formula is C20H24N2O2. The number of hydrogen-bond donors (Lipinski definition) is 2. The number of aliphatic hydroxyl groups excluding tert-OH is 1. The van der Waals surface area contributed by atoms with E-state index >= 15 is 0 Å². The van der Waals surface area contributed by atoms with E-state index in [1.54, 1.807) is 0 Å². The number of para-hydroxylation sites is 2. The first-order valence-corrected chi connectivity index (χ1v) is 8.46. The topological polar surface area (TPSA) is 52.6 Å². The van der Waals surface area contributed by atoms with Crippen LogP contribution in [0.1, 0.15) is 34.3 Å². The van der Waals surface area contributed by atoms with Crippen LogP contribution in [-0.4, -0.2) is 30.2 Å². The number of rotatable bonds is 3. The Balaban J connectivity index is 1.83. The van der Waals surface area contributed by atoms with Gasteiger partial charge < -0.3 is 15.3 Å². The summed E-state index contributed by atoms with van der Waals surface area (Å²) in [5.41, 5.74) is 4.66. The molecule has 0 bridgehead atoms. The molecule has 126 valence electrons. The molecule has 0 atom stereocenters. The summed E-state index contributed by atoms with van der Waals surface area (Å²) in [5, 5.41) is 12.8. The molecule has 1 aliphatic rings. The van der Waals surface area contributed by atoms with Gasteiger partial charge in [0.25, 0.3) is 5.91 Å². The van der Waals surface area contributed by atoms with E-state index in [1.165, 1.54) is 0 Å². The Morgan fingerprint density at radius 3 is 2.54 bits per heavy atom. The van der Waals surface area contributed by atoms with Crippen LogP contribution in [0.4, 0.5) is 11.4 Å². The number of benzene rings is 2. The van der Waals surface area contributed by atoms with Gasteiger partial charge in [0, 0.05) is 18.7 Å². The molecule has 4 nitrogen and oxygen atoms in total. The Labute approximate surface area is 143 Å². The molecule has 2 aromatic carbocycles. The zero-order valence-electron chi connectivity index (χ0n) is 14.2. The summed E-state index contributed by atoms with van der Waals surface area (Å²) < 4.78 is 0. The Bertz CT molecular complexity index is 734. The molecule has 0 saturated carbocycles. The van der Waals surface area contributed by atoms with E-state index in [2.05, 4.69) is 10.2 Å². The average molecular weight is 324 g/mol. The highest BCUT2D eigenvalue weighted by molar-refractivity contribution is 6.07. The predicted octanol–water partition coefficient (Wildman–Crippen LogP) is 3.52. The molecule has 24 heavy (non-hydrogen) atoms. The van der Waals surface area contributed by atoms with Crippen molar-refractivity contribution in [3.05, 3.63) is 59.2 Å². The number of nitrogens with zero attached hydrogens (tertiary/aromatic N) is 1. The first-order valence-electron chi connectivity index (χ1n) is 8.46. The number of amides is 1. The predicted molar refractivity (Wildman–Crippen MR) is 97.8 cm³/mol. The summed E-state index contributed by atoms with van der Waals surface area (Å²) in [7, 11) is 0. The van der Waals surface area contributed by atoms with Crippen LogP contribution in [0.25, 0.3) is 0 Å². The van der Waals surface area contributed by atoms with E-state index in [0.717, 1.165) is 48.4 Å². The Kier molecular flexibility index (Phi) is 4.86. The van der Waals surface area contributed by atoms with Crippen LogP contribution in [0, 0.1) is 13.8 Å². The minimum atomic E-state index is -0.210. The van der Waals surface area contributed by atoms with Gasteiger partial charge in [0.1, 0.15) is 0 Å². The highest BCUT2D eigenvalue weighted by Gasteiger charge is 2.20. The molecule has 4 heteroatoms. The number of carbonyl (C=O) groups excluding carboxylic acids is 1. The highest BCUT2D eigenvalue weighted by Crippen LogP contribution is 2.29. The zero-order valence-corrected chi connectivity index (χ0v) is 14.2. The Hall–Kier alpha value is -2.33. The van der Waals surface area contributed by atoms with Crippen molar-refractivity contribution < 1.29 is 9.90 Å². The van der Waals surface area contributed by atoms with Gasteiger partial charge in [0.2, 0.25) is 0 Å². The van der Waals surface area contributed by atoms with Crippen LogP contribution in [0.2, 0.25) is 0 Å². The van der Waals surface area contributed by atoms with Gasteiger partial charge in [0.15, 0.2) is 0 Å². The van der Waals surface area contributed by atoms with Crippen LogP contribution in [-0.2, 0) is 0 Å². The average Bonchev–Trinajstić information content (AvgIpc) is 2.58. The third-order valence-electron chi connectivity index (χ3n) is 4.81. The first-order chi connectivity index (χ1) is 11.6. The molecule has 1 fully saturated rings. The second-order valence-electron chi connectivity index (χ2n) is 6.44. The maximum absolute atomic E-state index is 12.7. The second kappa shape index (κ2) is 7.05. The first kappa shape index (κ1) is 16.5. The monoisotopic (exact) mass is 324 g/mol. The van der Waals surface area contributed by atoms with Gasteiger partial charge in [-0.3, -0.25) is 4.79 Å². The van der Waals surface area contributed by atoms with E-state index in [4.69, 9.17) is 0 Å². The van der Waals surface area contributed by atoms with E-state index in [-0.39, 0.29) is 12.0 Å². The minimum Gasteiger partial charge on any atom is -0.393 e. The summed E-state index contributed by atoms with van der Waals surface area (Å²) in [6, 6.07) is 13.7. The summed E-state index contributed by atoms with van der Waals surface area (Å²) in [6.45, 7) is 5.59. The fourth-order valence-electron chi connectivity index (χ4n) is 3.15. The third-order valence-corrected chi connectivity index (χ3v) is 4.81. The number of hydrogen-bond acceptors (Lipinski definition) is 3. The molecule has 0 unspecified atom stereocenters. The van der Waals surface area contributed by atoms with Gasteiger partial charge in [-0.25, -0.2) is 0 Å². The fraction of sp³-hybridized carbons (Fsp3) is 0.350. The molecular weight excluding hydrogens is 300 g/mol. The second-order valence-corrected chi connectivity index (χ2v) is 6.44. The van der Waals surface area contributed by atoms with E-state index in [9.17, 15) is 9.90 Å². The molecule has 1 saturated heterocycles. The molecule has 1 aliphatic heterocycles. The van der Waals surface area contributed by atoms with Crippen molar-refractivity contribution in [2.24, 2.45) is 0 Å². The molecule has 0 radical (unpaired) electrons. The molecule has 0 aromatic heterocycles. The molecule has 2 N–H and O–H groups in total. The maximum Gasteiger partial charge on any atom is 0.255 e. The summed E-state index contributed by atoms with van der Waals surface area (Å²) in [5.74, 6) is -0.0827. The van der Waals surface area contributed by atoms with Crippen molar-refractivity contribution in [2.45, 2.75) is 32.8 Å². The lowest BCUT2D eigenvalue weighted by atomic mass is 10.0. The van der Waals surface area contributed by atoms with Crippen molar-refractivity contribution in [3.8, 4) is 0 Å². The van der Waals surface area contributed by atoms with Crippen molar-refractivity contribution in [3.63, 3.8) is 0 Å². The molecule has 2 aromatic rings. The van der Waals surface area contributed by atoms with Gasteiger partial charge in [-0.15, -0.1) is 0 Å². The Morgan fingerprint density at radius 1 is 1.08 bits per heavy atom. The highest BCUT2D eigenvalue weighted by atomic mass is 16.3. The molecule has 0 spiro atoms. The number of nitrogens with one attached hydrogen (secondary N) is 1. The van der Waals surface area contributed by atoms with Crippen LogP contribution in [0.15, 0.2) is 42.5 Å². The van der Waals surface area contributed by atoms with Crippen LogP contribution >= 0.6 is 0 Å². The Morgan fingerprint density at radius 2 is 1.79 bits per heavy atom. The summed E-state index contributed by atoms with van der Waals surface area (Å²) in [4.78, 5) is 14.9. The fourth-order valence-corrected chi connectivity index (χ4v) is 3.15. The summed E-state index contributed by atoms with van der Waals surface area (Å²) in [6.07, 6.45) is 1.32. The minimum absolute atomic E-state index is 0.0827. The zero-order chi connectivity index (χ0) is 17.1. The number of aryl methyl sites for hydroxylation is 1.